The minimum Gasteiger partial charge on any atom is -0.355 e. The molecule has 162 valence electrons. The van der Waals surface area contributed by atoms with Gasteiger partial charge in [-0.3, -0.25) is 9.69 Å². The fourth-order valence-corrected chi connectivity index (χ4v) is 5.77. The van der Waals surface area contributed by atoms with Crippen LogP contribution in [0.2, 0.25) is 0 Å². The van der Waals surface area contributed by atoms with Crippen molar-refractivity contribution in [1.29, 1.82) is 0 Å². The number of fused-ring (bicyclic) bond motifs is 2. The van der Waals surface area contributed by atoms with Crippen molar-refractivity contribution in [3.8, 4) is 0 Å². The topological polar surface area (TPSA) is 91.6 Å². The minimum atomic E-state index is -3.60. The summed E-state index contributed by atoms with van der Waals surface area (Å²) in [6.07, 6.45) is 3.25. The van der Waals surface area contributed by atoms with Gasteiger partial charge in [0.1, 0.15) is 10.6 Å². The maximum Gasteiger partial charge on any atom is 0.276 e. The Kier molecular flexibility index (Phi) is 4.71. The minimum absolute atomic E-state index is 0.152. The van der Waals surface area contributed by atoms with Crippen LogP contribution >= 0.6 is 0 Å². The van der Waals surface area contributed by atoms with Crippen LogP contribution in [0.4, 0.5) is 11.6 Å². The summed E-state index contributed by atoms with van der Waals surface area (Å²) < 4.78 is 29.0. The second-order valence-corrected chi connectivity index (χ2v) is 9.96. The zero-order chi connectivity index (χ0) is 21.8. The Balaban J connectivity index is 1.54. The number of amides is 1. The van der Waals surface area contributed by atoms with E-state index in [-0.39, 0.29) is 10.8 Å². The molecule has 1 amide bonds. The maximum atomic E-state index is 13.5. The Morgan fingerprint density at radius 3 is 2.26 bits per heavy atom. The number of aryl methyl sites for hydroxylation is 1. The largest absolute Gasteiger partial charge is 0.355 e. The van der Waals surface area contributed by atoms with Crippen LogP contribution in [0.1, 0.15) is 23.3 Å². The number of nitrogens with zero attached hydrogens (tertiary/aromatic N) is 6. The van der Waals surface area contributed by atoms with E-state index in [4.69, 9.17) is 9.97 Å². The third-order valence-corrected chi connectivity index (χ3v) is 7.82. The number of carbonyl (C=O) groups excluding carboxylic acids is 1. The molecule has 2 aliphatic rings. The lowest BCUT2D eigenvalue weighted by atomic mass is 10.2. The average molecular weight is 441 g/mol. The molecule has 2 aromatic heterocycles. The molecule has 5 rings (SSSR count). The number of sulfonamides is 1. The number of aromatic nitrogens is 3. The molecule has 0 bridgehead atoms. The quantitative estimate of drug-likeness (QED) is 0.617. The van der Waals surface area contributed by atoms with Crippen molar-refractivity contribution >= 4 is 38.6 Å². The molecular formula is C21H24N6O3S. The molecule has 10 heteroatoms. The fourth-order valence-electron chi connectivity index (χ4n) is 4.18. The molecule has 0 radical (unpaired) electrons. The van der Waals surface area contributed by atoms with Crippen LogP contribution in [0, 0.1) is 0 Å². The van der Waals surface area contributed by atoms with Crippen molar-refractivity contribution in [1.82, 2.24) is 18.8 Å². The van der Waals surface area contributed by atoms with E-state index >= 15 is 0 Å². The van der Waals surface area contributed by atoms with Crippen molar-refractivity contribution in [3.63, 3.8) is 0 Å². The molecule has 0 unspecified atom stereocenters. The van der Waals surface area contributed by atoms with Crippen LogP contribution in [-0.2, 0) is 17.1 Å². The second kappa shape index (κ2) is 7.31. The van der Waals surface area contributed by atoms with Gasteiger partial charge in [0.2, 0.25) is 10.0 Å². The number of hydrogen-bond acceptors (Lipinski definition) is 6. The maximum absolute atomic E-state index is 13.5. The summed E-state index contributed by atoms with van der Waals surface area (Å²) in [5, 5.41) is 0. The predicted molar refractivity (Wildman–Crippen MR) is 118 cm³/mol. The Bertz CT molecular complexity index is 1280. The molecule has 1 fully saturated rings. The van der Waals surface area contributed by atoms with Crippen molar-refractivity contribution in [3.05, 3.63) is 42.2 Å². The monoisotopic (exact) mass is 440 g/mol. The number of likely N-dealkylation sites (N-methyl/N-ethyl adjacent to an activating group) is 1. The van der Waals surface area contributed by atoms with Crippen molar-refractivity contribution in [2.24, 2.45) is 7.05 Å². The normalized spacial score (nSPS) is 17.4. The summed E-state index contributed by atoms with van der Waals surface area (Å²) in [6, 6.07) is 9.02. The van der Waals surface area contributed by atoms with E-state index in [1.165, 1.54) is 16.6 Å². The lowest BCUT2D eigenvalue weighted by molar-refractivity contribution is 0.0978. The van der Waals surface area contributed by atoms with Crippen molar-refractivity contribution < 1.29 is 13.2 Å². The zero-order valence-electron chi connectivity index (χ0n) is 17.5. The van der Waals surface area contributed by atoms with Gasteiger partial charge >= 0.3 is 0 Å². The van der Waals surface area contributed by atoms with E-state index in [2.05, 4.69) is 0 Å². The van der Waals surface area contributed by atoms with Gasteiger partial charge in [-0.05, 0) is 31.0 Å². The van der Waals surface area contributed by atoms with E-state index in [0.29, 0.717) is 49.0 Å². The second-order valence-electron chi connectivity index (χ2n) is 8.02. The molecule has 0 N–H and O–H groups in total. The molecule has 2 aliphatic heterocycles. The molecule has 9 nitrogen and oxygen atoms in total. The summed E-state index contributed by atoms with van der Waals surface area (Å²) in [5.74, 6) is 0.837. The highest BCUT2D eigenvalue weighted by Gasteiger charge is 2.33. The third-order valence-electron chi connectivity index (χ3n) is 5.96. The summed E-state index contributed by atoms with van der Waals surface area (Å²) in [4.78, 5) is 26.6. The highest BCUT2D eigenvalue weighted by molar-refractivity contribution is 7.89. The Hall–Kier alpha value is -2.98. The molecule has 0 saturated carbocycles. The zero-order valence-corrected chi connectivity index (χ0v) is 18.3. The third kappa shape index (κ3) is 3.26. The Labute approximate surface area is 181 Å². The van der Waals surface area contributed by atoms with Crippen LogP contribution < -0.4 is 9.80 Å². The molecule has 0 atom stereocenters. The highest BCUT2D eigenvalue weighted by Crippen LogP contribution is 2.32. The van der Waals surface area contributed by atoms with Gasteiger partial charge in [0.25, 0.3) is 5.91 Å². The van der Waals surface area contributed by atoms with Gasteiger partial charge in [0.15, 0.2) is 11.6 Å². The SMILES string of the molecule is CN1CCN(C(=O)c2cc(S(=O)(=O)N3CCCC3)cn2C)c2nc3ccccc3nc21. The molecule has 31 heavy (non-hydrogen) atoms. The Morgan fingerprint density at radius 2 is 1.58 bits per heavy atom. The van der Waals surface area contributed by atoms with E-state index < -0.39 is 10.0 Å². The van der Waals surface area contributed by atoms with E-state index in [0.717, 1.165) is 18.4 Å². The summed E-state index contributed by atoms with van der Waals surface area (Å²) in [5.41, 5.74) is 1.78. The van der Waals surface area contributed by atoms with Gasteiger partial charge in [-0.25, -0.2) is 18.4 Å². The van der Waals surface area contributed by atoms with E-state index in [1.54, 1.807) is 16.5 Å². The number of para-hydroxylation sites is 2. The molecule has 0 spiro atoms. The van der Waals surface area contributed by atoms with Gasteiger partial charge in [0, 0.05) is 46.5 Å². The number of carbonyl (C=O) groups is 1. The molecule has 1 saturated heterocycles. The molecular weight excluding hydrogens is 416 g/mol. The lowest BCUT2D eigenvalue weighted by Gasteiger charge is -2.33. The summed E-state index contributed by atoms with van der Waals surface area (Å²) in [6.45, 7) is 2.09. The van der Waals surface area contributed by atoms with E-state index in [1.807, 2.05) is 36.2 Å². The molecule has 0 aliphatic carbocycles. The first-order valence-electron chi connectivity index (χ1n) is 10.3. The fraction of sp³-hybridized carbons (Fsp3) is 0.381. The van der Waals surface area contributed by atoms with Crippen LogP contribution in [0.3, 0.4) is 0 Å². The van der Waals surface area contributed by atoms with Gasteiger partial charge in [0.05, 0.1) is 11.0 Å². The summed E-state index contributed by atoms with van der Waals surface area (Å²) >= 11 is 0. The molecule has 1 aromatic carbocycles. The van der Waals surface area contributed by atoms with Gasteiger partial charge < -0.3 is 9.47 Å². The smallest absolute Gasteiger partial charge is 0.276 e. The average Bonchev–Trinajstić information content (AvgIpc) is 3.43. The van der Waals surface area contributed by atoms with Crippen LogP contribution in [-0.4, -0.2) is 66.4 Å². The van der Waals surface area contributed by atoms with Crippen molar-refractivity contribution in [2.75, 3.05) is 43.0 Å². The lowest BCUT2D eigenvalue weighted by Crippen LogP contribution is -2.44. The van der Waals surface area contributed by atoms with Crippen LogP contribution in [0.15, 0.2) is 41.4 Å². The first-order valence-corrected chi connectivity index (χ1v) is 11.8. The number of anilines is 2. The standard InChI is InChI=1S/C21H24N6O3S/c1-24-11-12-27(20-19(24)22-16-7-3-4-8-17(16)23-20)21(28)18-13-15(14-25(18)2)31(29,30)26-9-5-6-10-26/h3-4,7-8,13-14H,5-6,9-12H2,1-2H3. The van der Waals surface area contributed by atoms with Gasteiger partial charge in [-0.15, -0.1) is 0 Å². The number of rotatable bonds is 3. The predicted octanol–water partition coefficient (Wildman–Crippen LogP) is 1.85. The first kappa shape index (κ1) is 20.0. The number of hydrogen-bond donors (Lipinski definition) is 0. The molecule has 3 aromatic rings. The van der Waals surface area contributed by atoms with Crippen LogP contribution in [0.25, 0.3) is 11.0 Å². The van der Waals surface area contributed by atoms with Gasteiger partial charge in [-0.2, -0.15) is 4.31 Å². The molecule has 4 heterocycles. The van der Waals surface area contributed by atoms with E-state index in [9.17, 15) is 13.2 Å². The Morgan fingerprint density at radius 1 is 0.935 bits per heavy atom. The summed E-state index contributed by atoms with van der Waals surface area (Å²) in [7, 11) is 0.0205. The van der Waals surface area contributed by atoms with Crippen molar-refractivity contribution in [2.45, 2.75) is 17.7 Å². The van der Waals surface area contributed by atoms with Gasteiger partial charge in [-0.1, -0.05) is 12.1 Å². The van der Waals surface area contributed by atoms with Crippen LogP contribution in [0.5, 0.6) is 0 Å². The first-order chi connectivity index (χ1) is 14.9. The number of benzene rings is 1. The highest BCUT2D eigenvalue weighted by atomic mass is 32.2.